The largest absolute Gasteiger partial charge is 0.464 e. The van der Waals surface area contributed by atoms with Crippen LogP contribution in [0.4, 0.5) is 0 Å². The monoisotopic (exact) mass is 274 g/mol. The SMILES string of the molecule is COC(=O)c1n[nH]c(C)c1C12CC3CC(CC(C3)C1)C2. The molecule has 1 N–H and O–H groups in total. The predicted octanol–water partition coefficient (Wildman–Crippen LogP) is 2.97. The van der Waals surface area contributed by atoms with Crippen LogP contribution in [0.25, 0.3) is 0 Å². The van der Waals surface area contributed by atoms with Gasteiger partial charge in [0.15, 0.2) is 5.69 Å². The number of methoxy groups -OCH3 is 1. The predicted molar refractivity (Wildman–Crippen MR) is 74.5 cm³/mol. The zero-order chi connectivity index (χ0) is 13.9. The van der Waals surface area contributed by atoms with Gasteiger partial charge in [-0.1, -0.05) is 0 Å². The summed E-state index contributed by atoms with van der Waals surface area (Å²) in [5, 5.41) is 7.27. The number of aromatic nitrogens is 2. The van der Waals surface area contributed by atoms with Gasteiger partial charge in [0.05, 0.1) is 7.11 Å². The molecule has 5 rings (SSSR count). The van der Waals surface area contributed by atoms with E-state index in [-0.39, 0.29) is 11.4 Å². The maximum atomic E-state index is 12.0. The molecule has 0 radical (unpaired) electrons. The van der Waals surface area contributed by atoms with E-state index in [9.17, 15) is 4.79 Å². The van der Waals surface area contributed by atoms with E-state index < -0.39 is 0 Å². The Bertz CT molecular complexity index is 526. The first-order chi connectivity index (χ1) is 9.61. The lowest BCUT2D eigenvalue weighted by Gasteiger charge is -2.57. The first-order valence-electron chi connectivity index (χ1n) is 7.75. The van der Waals surface area contributed by atoms with Crippen LogP contribution < -0.4 is 0 Å². The molecule has 4 fully saturated rings. The van der Waals surface area contributed by atoms with Crippen LogP contribution >= 0.6 is 0 Å². The Labute approximate surface area is 119 Å². The van der Waals surface area contributed by atoms with Crippen LogP contribution in [-0.4, -0.2) is 23.3 Å². The summed E-state index contributed by atoms with van der Waals surface area (Å²) in [5.41, 5.74) is 2.96. The maximum absolute atomic E-state index is 12.0. The Kier molecular flexibility index (Phi) is 2.54. The minimum atomic E-state index is -0.292. The lowest BCUT2D eigenvalue weighted by Crippen LogP contribution is -2.49. The second-order valence-electron chi connectivity index (χ2n) is 7.26. The number of hydrogen-bond acceptors (Lipinski definition) is 3. The van der Waals surface area contributed by atoms with Gasteiger partial charge < -0.3 is 4.74 Å². The lowest BCUT2D eigenvalue weighted by molar-refractivity contribution is -0.00620. The fourth-order valence-electron chi connectivity index (χ4n) is 5.74. The molecule has 1 aromatic heterocycles. The number of nitrogens with one attached hydrogen (secondary N) is 1. The van der Waals surface area contributed by atoms with Crippen molar-refractivity contribution >= 4 is 5.97 Å². The van der Waals surface area contributed by atoms with Crippen LogP contribution in [0.3, 0.4) is 0 Å². The number of carbonyl (C=O) groups excluding carboxylic acids is 1. The molecule has 0 spiro atoms. The van der Waals surface area contributed by atoms with Gasteiger partial charge in [-0.3, -0.25) is 5.10 Å². The number of aromatic amines is 1. The summed E-state index contributed by atoms with van der Waals surface area (Å²) in [6, 6.07) is 0. The van der Waals surface area contributed by atoms with Crippen molar-refractivity contribution in [1.29, 1.82) is 0 Å². The van der Waals surface area contributed by atoms with Crippen LogP contribution in [0.15, 0.2) is 0 Å². The molecule has 0 atom stereocenters. The third-order valence-electron chi connectivity index (χ3n) is 5.89. The number of H-pyrrole nitrogens is 1. The van der Waals surface area contributed by atoms with Crippen molar-refractivity contribution in [3.8, 4) is 0 Å². The summed E-state index contributed by atoms with van der Waals surface area (Å²) in [4.78, 5) is 12.0. The number of ether oxygens (including phenoxy) is 1. The van der Waals surface area contributed by atoms with Crippen molar-refractivity contribution in [2.24, 2.45) is 17.8 Å². The van der Waals surface area contributed by atoms with E-state index in [1.54, 1.807) is 0 Å². The van der Waals surface area contributed by atoms with Crippen LogP contribution in [0.2, 0.25) is 0 Å². The fraction of sp³-hybridized carbons (Fsp3) is 0.750. The van der Waals surface area contributed by atoms with Gasteiger partial charge in [0.2, 0.25) is 0 Å². The van der Waals surface area contributed by atoms with Gasteiger partial charge in [0.1, 0.15) is 0 Å². The third-order valence-corrected chi connectivity index (χ3v) is 5.89. The molecular formula is C16H22N2O2. The molecule has 0 aliphatic heterocycles. The second kappa shape index (κ2) is 4.09. The second-order valence-corrected chi connectivity index (χ2v) is 7.26. The van der Waals surface area contributed by atoms with Crippen molar-refractivity contribution in [2.75, 3.05) is 7.11 Å². The normalized spacial score (nSPS) is 38.2. The van der Waals surface area contributed by atoms with Crippen LogP contribution in [-0.2, 0) is 10.2 Å². The van der Waals surface area contributed by atoms with Crippen molar-refractivity contribution < 1.29 is 9.53 Å². The average molecular weight is 274 g/mol. The van der Waals surface area contributed by atoms with E-state index in [0.717, 1.165) is 23.4 Å². The van der Waals surface area contributed by atoms with Gasteiger partial charge in [-0.05, 0) is 63.2 Å². The summed E-state index contributed by atoms with van der Waals surface area (Å²) >= 11 is 0. The number of esters is 1. The van der Waals surface area contributed by atoms with Gasteiger partial charge in [0, 0.05) is 16.7 Å². The molecular weight excluding hydrogens is 252 g/mol. The minimum Gasteiger partial charge on any atom is -0.464 e. The highest BCUT2D eigenvalue weighted by atomic mass is 16.5. The third kappa shape index (κ3) is 1.60. The first kappa shape index (κ1) is 12.4. The number of rotatable bonds is 2. The number of carbonyl (C=O) groups is 1. The molecule has 4 aliphatic rings. The summed E-state index contributed by atoms with van der Waals surface area (Å²) in [7, 11) is 1.44. The first-order valence-corrected chi connectivity index (χ1v) is 7.75. The lowest BCUT2D eigenvalue weighted by atomic mass is 9.47. The average Bonchev–Trinajstić information content (AvgIpc) is 2.79. The van der Waals surface area contributed by atoms with E-state index in [1.807, 2.05) is 6.92 Å². The number of nitrogens with zero attached hydrogens (tertiary/aromatic N) is 1. The van der Waals surface area contributed by atoms with Crippen molar-refractivity contribution in [1.82, 2.24) is 10.2 Å². The minimum absolute atomic E-state index is 0.190. The van der Waals surface area contributed by atoms with Crippen LogP contribution in [0, 0.1) is 24.7 Å². The number of hydrogen-bond donors (Lipinski definition) is 1. The Morgan fingerprint density at radius 3 is 2.25 bits per heavy atom. The molecule has 0 amide bonds. The van der Waals surface area contributed by atoms with Gasteiger partial charge in [-0.25, -0.2) is 4.79 Å². The molecule has 20 heavy (non-hydrogen) atoms. The van der Waals surface area contributed by atoms with Gasteiger partial charge in [-0.2, -0.15) is 5.10 Å². The smallest absolute Gasteiger partial charge is 0.358 e. The highest BCUT2D eigenvalue weighted by Gasteiger charge is 2.53. The van der Waals surface area contributed by atoms with Gasteiger partial charge in [-0.15, -0.1) is 0 Å². The zero-order valence-electron chi connectivity index (χ0n) is 12.2. The molecule has 4 bridgehead atoms. The van der Waals surface area contributed by atoms with E-state index in [4.69, 9.17) is 4.74 Å². The van der Waals surface area contributed by atoms with Crippen LogP contribution in [0.5, 0.6) is 0 Å². The van der Waals surface area contributed by atoms with E-state index in [0.29, 0.717) is 5.69 Å². The standard InChI is InChI=1S/C16H22N2O2/c1-9-13(14(18-17-9)15(19)20-2)16-6-10-3-11(7-16)5-12(4-10)8-16/h10-12H,3-8H2,1-2H3,(H,17,18). The Morgan fingerprint density at radius 2 is 1.75 bits per heavy atom. The fourth-order valence-corrected chi connectivity index (χ4v) is 5.74. The maximum Gasteiger partial charge on any atom is 0.358 e. The molecule has 4 heteroatoms. The van der Waals surface area contributed by atoms with E-state index in [2.05, 4.69) is 10.2 Å². The Hall–Kier alpha value is -1.32. The van der Waals surface area contributed by atoms with Crippen molar-refractivity contribution in [3.05, 3.63) is 17.0 Å². The molecule has 0 saturated heterocycles. The number of aryl methyl sites for hydroxylation is 1. The summed E-state index contributed by atoms with van der Waals surface area (Å²) in [6.45, 7) is 2.05. The van der Waals surface area contributed by atoms with Crippen molar-refractivity contribution in [2.45, 2.75) is 50.9 Å². The summed E-state index contributed by atoms with van der Waals surface area (Å²) in [5.74, 6) is 2.29. The van der Waals surface area contributed by atoms with Gasteiger partial charge in [0.25, 0.3) is 0 Å². The van der Waals surface area contributed by atoms with E-state index in [1.165, 1.54) is 51.2 Å². The molecule has 4 nitrogen and oxygen atoms in total. The zero-order valence-corrected chi connectivity index (χ0v) is 12.2. The van der Waals surface area contributed by atoms with Crippen LogP contribution in [0.1, 0.15) is 60.3 Å². The van der Waals surface area contributed by atoms with Gasteiger partial charge >= 0.3 is 5.97 Å². The van der Waals surface area contributed by atoms with Crippen molar-refractivity contribution in [3.63, 3.8) is 0 Å². The summed E-state index contributed by atoms with van der Waals surface area (Å²) < 4.78 is 4.93. The molecule has 4 saturated carbocycles. The molecule has 4 aliphatic carbocycles. The molecule has 108 valence electrons. The highest BCUT2D eigenvalue weighted by Crippen LogP contribution is 2.61. The topological polar surface area (TPSA) is 55.0 Å². The molecule has 0 aromatic carbocycles. The Morgan fingerprint density at radius 1 is 1.20 bits per heavy atom. The molecule has 1 aromatic rings. The summed E-state index contributed by atoms with van der Waals surface area (Å²) in [6.07, 6.45) is 7.94. The van der Waals surface area contributed by atoms with E-state index >= 15 is 0 Å². The molecule has 0 unspecified atom stereocenters. The Balaban J connectivity index is 1.81. The molecule has 1 heterocycles. The highest BCUT2D eigenvalue weighted by molar-refractivity contribution is 5.89. The quantitative estimate of drug-likeness (QED) is 0.843.